The summed E-state index contributed by atoms with van der Waals surface area (Å²) >= 11 is 10.1. The van der Waals surface area contributed by atoms with E-state index in [1.54, 1.807) is 0 Å². The zero-order chi connectivity index (χ0) is 15.0. The third-order valence-electron chi connectivity index (χ3n) is 3.42. The minimum atomic E-state index is -0.286. The van der Waals surface area contributed by atoms with Crippen LogP contribution in [0.3, 0.4) is 0 Å². The molecule has 0 radical (unpaired) electrons. The Kier molecular flexibility index (Phi) is 3.91. The summed E-state index contributed by atoms with van der Waals surface area (Å²) in [6, 6.07) is 11.7. The van der Waals surface area contributed by atoms with E-state index in [1.807, 2.05) is 43.3 Å². The number of fused-ring (bicyclic) bond motifs is 1. The smallest absolute Gasteiger partial charge is 0.262 e. The Bertz CT molecular complexity index is 717. The summed E-state index contributed by atoms with van der Waals surface area (Å²) in [5, 5.41) is 2.51. The molecular weight excluding hydrogens is 354 g/mol. The standard InChI is InChI=1S/C16H13BrClNO2/c1-9-2-3-10(6-12(9)17)16(18)11-4-5-14-13(7-11)19-15(20)8-21-14/h2-7,16H,8H2,1H3,(H,19,20). The maximum atomic E-state index is 11.4. The molecule has 0 fully saturated rings. The lowest BCUT2D eigenvalue weighted by Gasteiger charge is -2.20. The Labute approximate surface area is 136 Å². The average molecular weight is 367 g/mol. The molecule has 1 unspecified atom stereocenters. The van der Waals surface area contributed by atoms with Gasteiger partial charge in [0.1, 0.15) is 5.75 Å². The van der Waals surface area contributed by atoms with Gasteiger partial charge in [-0.2, -0.15) is 0 Å². The number of halogens is 2. The predicted molar refractivity (Wildman–Crippen MR) is 87.1 cm³/mol. The molecule has 0 aromatic heterocycles. The highest BCUT2D eigenvalue weighted by Crippen LogP contribution is 2.36. The first-order chi connectivity index (χ1) is 10.0. The second-order valence-corrected chi connectivity index (χ2v) is 6.25. The molecule has 1 N–H and O–H groups in total. The number of anilines is 1. The van der Waals surface area contributed by atoms with Crippen molar-refractivity contribution in [3.05, 3.63) is 57.6 Å². The van der Waals surface area contributed by atoms with Crippen molar-refractivity contribution in [2.45, 2.75) is 12.3 Å². The first-order valence-corrected chi connectivity index (χ1v) is 7.74. The molecule has 2 aromatic carbocycles. The summed E-state index contributed by atoms with van der Waals surface area (Å²) in [5.74, 6) is 0.524. The topological polar surface area (TPSA) is 38.3 Å². The zero-order valence-electron chi connectivity index (χ0n) is 11.3. The molecule has 0 bridgehead atoms. The van der Waals surface area contributed by atoms with E-state index < -0.39 is 0 Å². The second-order valence-electron chi connectivity index (χ2n) is 4.96. The van der Waals surface area contributed by atoms with E-state index in [0.29, 0.717) is 11.4 Å². The third-order valence-corrected chi connectivity index (χ3v) is 4.78. The third kappa shape index (κ3) is 2.92. The average Bonchev–Trinajstić information content (AvgIpc) is 2.48. The van der Waals surface area contributed by atoms with E-state index in [1.165, 1.54) is 0 Å². The Hall–Kier alpha value is -1.52. The Morgan fingerprint density at radius 1 is 1.24 bits per heavy atom. The minimum Gasteiger partial charge on any atom is -0.482 e. The van der Waals surface area contributed by atoms with Crippen LogP contribution in [-0.4, -0.2) is 12.5 Å². The van der Waals surface area contributed by atoms with Crippen LogP contribution in [0, 0.1) is 6.92 Å². The molecule has 1 heterocycles. The van der Waals surface area contributed by atoms with Crippen LogP contribution in [0.25, 0.3) is 0 Å². The van der Waals surface area contributed by atoms with Gasteiger partial charge in [-0.25, -0.2) is 0 Å². The van der Waals surface area contributed by atoms with Gasteiger partial charge < -0.3 is 10.1 Å². The fourth-order valence-corrected chi connectivity index (χ4v) is 2.89. The van der Waals surface area contributed by atoms with Gasteiger partial charge in [0, 0.05) is 4.47 Å². The van der Waals surface area contributed by atoms with Crippen molar-refractivity contribution in [1.29, 1.82) is 0 Å². The van der Waals surface area contributed by atoms with Crippen LogP contribution in [0.15, 0.2) is 40.9 Å². The largest absolute Gasteiger partial charge is 0.482 e. The number of carbonyl (C=O) groups excluding carboxylic acids is 1. The lowest BCUT2D eigenvalue weighted by atomic mass is 10.0. The maximum Gasteiger partial charge on any atom is 0.262 e. The van der Waals surface area contributed by atoms with Crippen LogP contribution >= 0.6 is 27.5 Å². The van der Waals surface area contributed by atoms with Crippen molar-refractivity contribution in [3.63, 3.8) is 0 Å². The van der Waals surface area contributed by atoms with Crippen LogP contribution in [0.2, 0.25) is 0 Å². The van der Waals surface area contributed by atoms with Gasteiger partial charge in [-0.1, -0.05) is 34.1 Å². The first-order valence-electron chi connectivity index (χ1n) is 6.51. The van der Waals surface area contributed by atoms with E-state index in [-0.39, 0.29) is 17.9 Å². The lowest BCUT2D eigenvalue weighted by Crippen LogP contribution is -2.25. The second kappa shape index (κ2) is 5.70. The van der Waals surface area contributed by atoms with Crippen molar-refractivity contribution in [3.8, 4) is 5.75 Å². The van der Waals surface area contributed by atoms with E-state index >= 15 is 0 Å². The highest BCUT2D eigenvalue weighted by Gasteiger charge is 2.19. The van der Waals surface area contributed by atoms with Gasteiger partial charge >= 0.3 is 0 Å². The van der Waals surface area contributed by atoms with Gasteiger partial charge in [0.2, 0.25) is 0 Å². The molecule has 108 valence electrons. The van der Waals surface area contributed by atoms with E-state index in [0.717, 1.165) is 21.2 Å². The number of alkyl halides is 1. The van der Waals surface area contributed by atoms with Crippen LogP contribution in [0.1, 0.15) is 22.1 Å². The van der Waals surface area contributed by atoms with Crippen molar-refractivity contribution < 1.29 is 9.53 Å². The fraction of sp³-hybridized carbons (Fsp3) is 0.188. The number of aryl methyl sites for hydroxylation is 1. The molecule has 0 aliphatic carbocycles. The predicted octanol–water partition coefficient (Wildman–Crippen LogP) is 4.42. The SMILES string of the molecule is Cc1ccc(C(Cl)c2ccc3c(c2)NC(=O)CO3)cc1Br. The highest BCUT2D eigenvalue weighted by atomic mass is 79.9. The summed E-state index contributed by atoms with van der Waals surface area (Å²) in [7, 11) is 0. The molecule has 5 heteroatoms. The summed E-state index contributed by atoms with van der Waals surface area (Å²) in [4.78, 5) is 11.4. The van der Waals surface area contributed by atoms with Crippen LogP contribution in [0.5, 0.6) is 5.75 Å². The normalized spacial score (nSPS) is 14.9. The fourth-order valence-electron chi connectivity index (χ4n) is 2.22. The van der Waals surface area contributed by atoms with Crippen molar-refractivity contribution >= 4 is 39.1 Å². The highest BCUT2D eigenvalue weighted by molar-refractivity contribution is 9.10. The van der Waals surface area contributed by atoms with Crippen LogP contribution in [0.4, 0.5) is 5.69 Å². The Balaban J connectivity index is 1.94. The number of hydrogen-bond acceptors (Lipinski definition) is 2. The molecule has 3 rings (SSSR count). The molecule has 3 nitrogen and oxygen atoms in total. The summed E-state index contributed by atoms with van der Waals surface area (Å²) < 4.78 is 6.38. The quantitative estimate of drug-likeness (QED) is 0.799. The van der Waals surface area contributed by atoms with E-state index in [2.05, 4.69) is 21.2 Å². The zero-order valence-corrected chi connectivity index (χ0v) is 13.7. The number of ether oxygens (including phenoxy) is 1. The van der Waals surface area contributed by atoms with Gasteiger partial charge in [-0.05, 0) is 41.8 Å². The van der Waals surface area contributed by atoms with Gasteiger partial charge in [0.25, 0.3) is 5.91 Å². The molecule has 1 atom stereocenters. The number of amides is 1. The van der Waals surface area contributed by atoms with Gasteiger partial charge in [0.15, 0.2) is 6.61 Å². The van der Waals surface area contributed by atoms with Gasteiger partial charge in [-0.15, -0.1) is 11.6 Å². The minimum absolute atomic E-state index is 0.0571. The Morgan fingerprint density at radius 2 is 1.95 bits per heavy atom. The van der Waals surface area contributed by atoms with Gasteiger partial charge in [0.05, 0.1) is 11.1 Å². The number of hydrogen-bond donors (Lipinski definition) is 1. The summed E-state index contributed by atoms with van der Waals surface area (Å²) in [6.07, 6.45) is 0. The number of nitrogens with one attached hydrogen (secondary N) is 1. The molecule has 1 aliphatic rings. The molecular formula is C16H13BrClNO2. The van der Waals surface area contributed by atoms with Crippen LogP contribution in [-0.2, 0) is 4.79 Å². The van der Waals surface area contributed by atoms with Gasteiger partial charge in [-0.3, -0.25) is 4.79 Å². The van der Waals surface area contributed by atoms with Crippen molar-refractivity contribution in [2.24, 2.45) is 0 Å². The number of benzene rings is 2. The van der Waals surface area contributed by atoms with Crippen molar-refractivity contribution in [1.82, 2.24) is 0 Å². The molecule has 0 saturated carbocycles. The summed E-state index contributed by atoms with van der Waals surface area (Å²) in [6.45, 7) is 2.09. The Morgan fingerprint density at radius 3 is 2.71 bits per heavy atom. The first kappa shape index (κ1) is 14.4. The van der Waals surface area contributed by atoms with E-state index in [9.17, 15) is 4.79 Å². The van der Waals surface area contributed by atoms with E-state index in [4.69, 9.17) is 16.3 Å². The number of carbonyl (C=O) groups is 1. The maximum absolute atomic E-state index is 11.4. The summed E-state index contributed by atoms with van der Waals surface area (Å²) in [5.41, 5.74) is 3.74. The molecule has 21 heavy (non-hydrogen) atoms. The monoisotopic (exact) mass is 365 g/mol. The molecule has 2 aromatic rings. The molecule has 0 spiro atoms. The molecule has 1 amide bonds. The van der Waals surface area contributed by atoms with Crippen LogP contribution < -0.4 is 10.1 Å². The number of rotatable bonds is 2. The molecule has 0 saturated heterocycles. The molecule has 1 aliphatic heterocycles. The van der Waals surface area contributed by atoms with Crippen molar-refractivity contribution in [2.75, 3.05) is 11.9 Å². The lowest BCUT2D eigenvalue weighted by molar-refractivity contribution is -0.118.